The zero-order chi connectivity index (χ0) is 17.7. The number of benzene rings is 1. The third-order valence-corrected chi connectivity index (χ3v) is 3.53. The summed E-state index contributed by atoms with van der Waals surface area (Å²) in [5.41, 5.74) is 0.0165. The summed E-state index contributed by atoms with van der Waals surface area (Å²) in [5, 5.41) is 20.1. The number of anilines is 1. The first-order valence-corrected chi connectivity index (χ1v) is 7.47. The maximum absolute atomic E-state index is 11.6. The first-order chi connectivity index (χ1) is 11.5. The summed E-state index contributed by atoms with van der Waals surface area (Å²) in [6.45, 7) is 6.00. The molecule has 1 heterocycles. The van der Waals surface area contributed by atoms with E-state index in [1.165, 1.54) is 6.08 Å². The van der Waals surface area contributed by atoms with Crippen molar-refractivity contribution < 1.29 is 10.0 Å². The monoisotopic (exact) mass is 330 g/mol. The molecular weight excluding hydrogens is 312 g/mol. The zero-order valence-electron chi connectivity index (χ0n) is 13.4. The summed E-state index contributed by atoms with van der Waals surface area (Å²) in [4.78, 5) is 29.3. The Balaban J connectivity index is 2.22. The predicted molar refractivity (Wildman–Crippen MR) is 92.1 cm³/mol. The van der Waals surface area contributed by atoms with Crippen LogP contribution in [0.15, 0.2) is 29.1 Å². The fraction of sp³-hybridized carbons (Fsp3) is 0.250. The van der Waals surface area contributed by atoms with Crippen molar-refractivity contribution in [1.29, 1.82) is 0 Å². The summed E-state index contributed by atoms with van der Waals surface area (Å²) >= 11 is 0. The molecular formula is C16H18N4O4. The molecule has 0 unspecified atom stereocenters. The van der Waals surface area contributed by atoms with Crippen molar-refractivity contribution in [2.75, 3.05) is 18.0 Å². The maximum atomic E-state index is 11.6. The van der Waals surface area contributed by atoms with Crippen LogP contribution in [0.1, 0.15) is 25.2 Å². The van der Waals surface area contributed by atoms with E-state index in [1.54, 1.807) is 6.08 Å². The molecule has 0 aliphatic rings. The number of aromatic nitrogens is 2. The van der Waals surface area contributed by atoms with E-state index in [1.807, 2.05) is 24.3 Å². The smallest absolute Gasteiger partial charge is 0.395 e. The van der Waals surface area contributed by atoms with Gasteiger partial charge in [-0.1, -0.05) is 18.2 Å². The molecule has 8 heteroatoms. The molecule has 2 aromatic rings. The summed E-state index contributed by atoms with van der Waals surface area (Å²) in [6.07, 6.45) is 3.16. The SMILES string of the molecule is CCN(CC)c1ccc(/C=C\c2nc(O)c([N+](=O)[O-])c(=O)[nH]2)cc1. The van der Waals surface area contributed by atoms with Gasteiger partial charge in [0.1, 0.15) is 5.82 Å². The fourth-order valence-corrected chi connectivity index (χ4v) is 2.28. The molecule has 0 saturated heterocycles. The van der Waals surface area contributed by atoms with Crippen LogP contribution in [0.2, 0.25) is 0 Å². The minimum atomic E-state index is -0.996. The summed E-state index contributed by atoms with van der Waals surface area (Å²) in [5.74, 6) is -0.865. The van der Waals surface area contributed by atoms with Gasteiger partial charge in [-0.2, -0.15) is 4.98 Å². The Hall–Kier alpha value is -3.16. The summed E-state index contributed by atoms with van der Waals surface area (Å²) < 4.78 is 0. The van der Waals surface area contributed by atoms with Gasteiger partial charge >= 0.3 is 11.2 Å². The number of hydrogen-bond donors (Lipinski definition) is 2. The number of H-pyrrole nitrogens is 1. The molecule has 0 radical (unpaired) electrons. The number of aromatic hydroxyl groups is 1. The van der Waals surface area contributed by atoms with Gasteiger partial charge < -0.3 is 15.0 Å². The molecule has 0 spiro atoms. The molecule has 0 aliphatic heterocycles. The number of aromatic amines is 1. The highest BCUT2D eigenvalue weighted by Crippen LogP contribution is 2.18. The van der Waals surface area contributed by atoms with Crippen LogP contribution in [0.4, 0.5) is 11.4 Å². The standard InChI is InChI=1S/C16H18N4O4/c1-3-19(4-2)12-8-5-11(6-9-12)7-10-13-17-15(21)14(20(23)24)16(22)18-13/h5-10H,3-4H2,1-2H3,(H2,17,18,21,22)/b10-7-. The van der Waals surface area contributed by atoms with Crippen molar-refractivity contribution in [3.8, 4) is 5.88 Å². The Bertz CT molecular complexity index is 808. The quantitative estimate of drug-likeness (QED) is 0.621. The van der Waals surface area contributed by atoms with Gasteiger partial charge in [0.05, 0.1) is 4.92 Å². The lowest BCUT2D eigenvalue weighted by Gasteiger charge is -2.20. The van der Waals surface area contributed by atoms with Crippen LogP contribution in [0.3, 0.4) is 0 Å². The van der Waals surface area contributed by atoms with Crippen LogP contribution in [0.25, 0.3) is 12.2 Å². The number of rotatable bonds is 6. The third-order valence-electron chi connectivity index (χ3n) is 3.53. The molecule has 0 aliphatic carbocycles. The molecule has 2 rings (SSSR count). The molecule has 0 fully saturated rings. The van der Waals surface area contributed by atoms with E-state index < -0.39 is 22.0 Å². The van der Waals surface area contributed by atoms with Crippen molar-refractivity contribution in [2.24, 2.45) is 0 Å². The Labute approximate surface area is 138 Å². The summed E-state index contributed by atoms with van der Waals surface area (Å²) in [6, 6.07) is 7.79. The molecule has 0 saturated carbocycles. The molecule has 1 aromatic carbocycles. The van der Waals surface area contributed by atoms with E-state index >= 15 is 0 Å². The molecule has 0 amide bonds. The number of nitrogens with one attached hydrogen (secondary N) is 1. The Kier molecular flexibility index (Phi) is 5.31. The van der Waals surface area contributed by atoms with Crippen molar-refractivity contribution in [3.05, 3.63) is 56.1 Å². The Morgan fingerprint density at radius 1 is 1.25 bits per heavy atom. The van der Waals surface area contributed by atoms with Gasteiger partial charge in [0.25, 0.3) is 5.88 Å². The molecule has 2 N–H and O–H groups in total. The van der Waals surface area contributed by atoms with E-state index in [0.717, 1.165) is 24.3 Å². The Morgan fingerprint density at radius 2 is 1.88 bits per heavy atom. The van der Waals surface area contributed by atoms with Crippen LogP contribution in [0.5, 0.6) is 5.88 Å². The predicted octanol–water partition coefficient (Wildman–Crippen LogP) is 2.40. The normalized spacial score (nSPS) is 10.9. The minimum absolute atomic E-state index is 0.0379. The largest absolute Gasteiger partial charge is 0.488 e. The lowest BCUT2D eigenvalue weighted by Crippen LogP contribution is -2.21. The second-order valence-electron chi connectivity index (χ2n) is 4.98. The number of hydrogen-bond acceptors (Lipinski definition) is 6. The molecule has 1 aromatic heterocycles. The van der Waals surface area contributed by atoms with E-state index in [4.69, 9.17) is 0 Å². The highest BCUT2D eigenvalue weighted by molar-refractivity contribution is 5.68. The molecule has 0 bridgehead atoms. The van der Waals surface area contributed by atoms with Gasteiger partial charge in [-0.15, -0.1) is 0 Å². The Morgan fingerprint density at radius 3 is 2.38 bits per heavy atom. The van der Waals surface area contributed by atoms with Crippen LogP contribution in [-0.2, 0) is 0 Å². The summed E-state index contributed by atoms with van der Waals surface area (Å²) in [7, 11) is 0. The van der Waals surface area contributed by atoms with Crippen LogP contribution in [-0.4, -0.2) is 33.1 Å². The molecule has 0 atom stereocenters. The van der Waals surface area contributed by atoms with E-state index in [2.05, 4.69) is 28.7 Å². The average Bonchev–Trinajstić information content (AvgIpc) is 2.54. The van der Waals surface area contributed by atoms with E-state index in [-0.39, 0.29) is 5.82 Å². The highest BCUT2D eigenvalue weighted by atomic mass is 16.6. The first-order valence-electron chi connectivity index (χ1n) is 7.47. The lowest BCUT2D eigenvalue weighted by molar-refractivity contribution is -0.387. The van der Waals surface area contributed by atoms with Gasteiger partial charge in [-0.25, -0.2) is 0 Å². The van der Waals surface area contributed by atoms with Crippen LogP contribution >= 0.6 is 0 Å². The van der Waals surface area contributed by atoms with Gasteiger partial charge in [-0.05, 0) is 37.6 Å². The molecule has 126 valence electrons. The third kappa shape index (κ3) is 3.78. The van der Waals surface area contributed by atoms with Gasteiger partial charge in [0.2, 0.25) is 0 Å². The molecule has 8 nitrogen and oxygen atoms in total. The van der Waals surface area contributed by atoms with E-state index in [0.29, 0.717) is 0 Å². The fourth-order valence-electron chi connectivity index (χ4n) is 2.28. The minimum Gasteiger partial charge on any atom is -0.488 e. The number of nitrogens with zero attached hydrogens (tertiary/aromatic N) is 3. The van der Waals surface area contributed by atoms with E-state index in [9.17, 15) is 20.0 Å². The van der Waals surface area contributed by atoms with Crippen molar-refractivity contribution >= 4 is 23.5 Å². The lowest BCUT2D eigenvalue weighted by atomic mass is 10.2. The van der Waals surface area contributed by atoms with Crippen molar-refractivity contribution in [3.63, 3.8) is 0 Å². The maximum Gasteiger partial charge on any atom is 0.395 e. The topological polar surface area (TPSA) is 112 Å². The van der Waals surface area contributed by atoms with Gasteiger partial charge in [0.15, 0.2) is 0 Å². The first kappa shape index (κ1) is 17.2. The van der Waals surface area contributed by atoms with Gasteiger partial charge in [-0.3, -0.25) is 14.9 Å². The zero-order valence-corrected chi connectivity index (χ0v) is 13.4. The van der Waals surface area contributed by atoms with Crippen molar-refractivity contribution in [2.45, 2.75) is 13.8 Å². The van der Waals surface area contributed by atoms with Crippen LogP contribution < -0.4 is 10.5 Å². The second kappa shape index (κ2) is 7.40. The van der Waals surface area contributed by atoms with Gasteiger partial charge in [0, 0.05) is 18.8 Å². The van der Waals surface area contributed by atoms with Crippen LogP contribution in [0, 0.1) is 10.1 Å². The van der Waals surface area contributed by atoms with Crippen molar-refractivity contribution in [1.82, 2.24) is 9.97 Å². The second-order valence-corrected chi connectivity index (χ2v) is 4.98. The highest BCUT2D eigenvalue weighted by Gasteiger charge is 2.21. The molecule has 24 heavy (non-hydrogen) atoms. The number of nitro groups is 1. The average molecular weight is 330 g/mol.